The predicted octanol–water partition coefficient (Wildman–Crippen LogP) is 4.73. The van der Waals surface area contributed by atoms with Gasteiger partial charge in [-0.1, -0.05) is 47.5 Å². The maximum Gasteiger partial charge on any atom is 0.270 e. The van der Waals surface area contributed by atoms with E-state index >= 15 is 0 Å². The topological polar surface area (TPSA) is 66.9 Å². The Morgan fingerprint density at radius 2 is 1.89 bits per heavy atom. The highest BCUT2D eigenvalue weighted by Crippen LogP contribution is 2.29. The predicted molar refractivity (Wildman–Crippen MR) is 109 cm³/mol. The van der Waals surface area contributed by atoms with E-state index in [0.29, 0.717) is 23.2 Å². The van der Waals surface area contributed by atoms with Crippen molar-refractivity contribution in [3.05, 3.63) is 81.6 Å². The summed E-state index contributed by atoms with van der Waals surface area (Å²) in [5, 5.41) is 6.58. The van der Waals surface area contributed by atoms with Crippen LogP contribution in [0.3, 0.4) is 0 Å². The Morgan fingerprint density at radius 1 is 1.07 bits per heavy atom. The minimum atomic E-state index is -0.256. The molecule has 0 saturated carbocycles. The first kappa shape index (κ1) is 18.9. The summed E-state index contributed by atoms with van der Waals surface area (Å²) in [4.78, 5) is 20.9. The van der Waals surface area contributed by atoms with Crippen molar-refractivity contribution >= 4 is 29.1 Å². The molecule has 5 nitrogen and oxygen atoms in total. The molecule has 0 fully saturated rings. The SMILES string of the molecule is Cc1cccc(CNC(=O)c2ccnc(Nc3c(C)cc(C)cc3Cl)n2)c1. The number of benzene rings is 2. The lowest BCUT2D eigenvalue weighted by atomic mass is 10.1. The van der Waals surface area contributed by atoms with E-state index in [0.717, 1.165) is 27.9 Å². The fourth-order valence-corrected chi connectivity index (χ4v) is 3.19. The van der Waals surface area contributed by atoms with Crippen LogP contribution in [0.15, 0.2) is 48.7 Å². The zero-order valence-electron chi connectivity index (χ0n) is 15.5. The zero-order chi connectivity index (χ0) is 19.4. The van der Waals surface area contributed by atoms with Gasteiger partial charge in [0.05, 0.1) is 10.7 Å². The van der Waals surface area contributed by atoms with E-state index in [4.69, 9.17) is 11.6 Å². The van der Waals surface area contributed by atoms with E-state index in [2.05, 4.69) is 20.6 Å². The quantitative estimate of drug-likeness (QED) is 0.671. The van der Waals surface area contributed by atoms with Gasteiger partial charge >= 0.3 is 0 Å². The molecular formula is C21H21ClN4O. The maximum atomic E-state index is 12.4. The molecule has 2 N–H and O–H groups in total. The van der Waals surface area contributed by atoms with E-state index in [-0.39, 0.29) is 5.91 Å². The number of halogens is 1. The summed E-state index contributed by atoms with van der Waals surface area (Å²) in [7, 11) is 0. The average molecular weight is 381 g/mol. The number of amides is 1. The minimum Gasteiger partial charge on any atom is -0.347 e. The minimum absolute atomic E-state index is 0.256. The normalized spacial score (nSPS) is 10.5. The van der Waals surface area contributed by atoms with Crippen LogP contribution in [0.4, 0.5) is 11.6 Å². The van der Waals surface area contributed by atoms with E-state index in [1.54, 1.807) is 12.3 Å². The number of nitrogens with one attached hydrogen (secondary N) is 2. The number of carbonyl (C=O) groups excluding carboxylic acids is 1. The van der Waals surface area contributed by atoms with Crippen LogP contribution in [-0.4, -0.2) is 15.9 Å². The Balaban J connectivity index is 1.72. The van der Waals surface area contributed by atoms with E-state index in [1.165, 1.54) is 0 Å². The van der Waals surface area contributed by atoms with Crippen molar-refractivity contribution in [2.45, 2.75) is 27.3 Å². The molecule has 138 valence electrons. The molecule has 1 heterocycles. The largest absolute Gasteiger partial charge is 0.347 e. The molecular weight excluding hydrogens is 360 g/mol. The van der Waals surface area contributed by atoms with Gasteiger partial charge in [-0.2, -0.15) is 0 Å². The fourth-order valence-electron chi connectivity index (χ4n) is 2.83. The van der Waals surface area contributed by atoms with Gasteiger partial charge in [0.25, 0.3) is 5.91 Å². The van der Waals surface area contributed by atoms with Gasteiger partial charge < -0.3 is 10.6 Å². The second kappa shape index (κ2) is 8.18. The molecule has 3 rings (SSSR count). The molecule has 0 spiro atoms. The van der Waals surface area contributed by atoms with Gasteiger partial charge in [0.1, 0.15) is 5.69 Å². The first-order valence-electron chi connectivity index (χ1n) is 8.63. The Bertz CT molecular complexity index is 964. The third-order valence-electron chi connectivity index (χ3n) is 4.09. The summed E-state index contributed by atoms with van der Waals surface area (Å²) in [6.07, 6.45) is 1.55. The summed E-state index contributed by atoms with van der Waals surface area (Å²) in [6, 6.07) is 13.5. The molecule has 1 aromatic heterocycles. The molecule has 3 aromatic rings. The van der Waals surface area contributed by atoms with Crippen LogP contribution in [0.25, 0.3) is 0 Å². The molecule has 0 atom stereocenters. The molecule has 0 aliphatic heterocycles. The molecule has 27 heavy (non-hydrogen) atoms. The lowest BCUT2D eigenvalue weighted by Gasteiger charge is -2.12. The number of nitrogens with zero attached hydrogens (tertiary/aromatic N) is 2. The fraction of sp³-hybridized carbons (Fsp3) is 0.190. The maximum absolute atomic E-state index is 12.4. The molecule has 2 aromatic carbocycles. The highest BCUT2D eigenvalue weighted by atomic mass is 35.5. The number of anilines is 2. The van der Waals surface area contributed by atoms with Crippen molar-refractivity contribution in [1.29, 1.82) is 0 Å². The lowest BCUT2D eigenvalue weighted by Crippen LogP contribution is -2.24. The van der Waals surface area contributed by atoms with Gasteiger partial charge in [-0.05, 0) is 49.6 Å². The summed E-state index contributed by atoms with van der Waals surface area (Å²) < 4.78 is 0. The lowest BCUT2D eigenvalue weighted by molar-refractivity contribution is 0.0946. The van der Waals surface area contributed by atoms with Crippen LogP contribution in [0.5, 0.6) is 0 Å². The van der Waals surface area contributed by atoms with Crippen molar-refractivity contribution in [3.8, 4) is 0 Å². The van der Waals surface area contributed by atoms with Crippen molar-refractivity contribution in [2.24, 2.45) is 0 Å². The van der Waals surface area contributed by atoms with Gasteiger partial charge in [-0.3, -0.25) is 4.79 Å². The number of hydrogen-bond donors (Lipinski definition) is 2. The van der Waals surface area contributed by atoms with Gasteiger partial charge in [0.15, 0.2) is 0 Å². The zero-order valence-corrected chi connectivity index (χ0v) is 16.3. The smallest absolute Gasteiger partial charge is 0.270 e. The third kappa shape index (κ3) is 4.83. The van der Waals surface area contributed by atoms with Crippen molar-refractivity contribution in [2.75, 3.05) is 5.32 Å². The number of aryl methyl sites for hydroxylation is 3. The van der Waals surface area contributed by atoms with Crippen molar-refractivity contribution in [1.82, 2.24) is 15.3 Å². The summed E-state index contributed by atoms with van der Waals surface area (Å²) in [6.45, 7) is 6.40. The van der Waals surface area contributed by atoms with Gasteiger partial charge in [0.2, 0.25) is 5.95 Å². The highest BCUT2D eigenvalue weighted by molar-refractivity contribution is 6.33. The van der Waals surface area contributed by atoms with Crippen LogP contribution < -0.4 is 10.6 Å². The first-order chi connectivity index (χ1) is 12.9. The molecule has 0 aliphatic carbocycles. The number of aromatic nitrogens is 2. The molecule has 6 heteroatoms. The van der Waals surface area contributed by atoms with E-state index in [9.17, 15) is 4.79 Å². The van der Waals surface area contributed by atoms with Gasteiger partial charge in [-0.25, -0.2) is 9.97 Å². The number of hydrogen-bond acceptors (Lipinski definition) is 4. The van der Waals surface area contributed by atoms with Crippen molar-refractivity contribution in [3.63, 3.8) is 0 Å². The molecule has 0 aliphatic rings. The summed E-state index contributed by atoms with van der Waals surface area (Å²) >= 11 is 6.32. The molecule has 0 bridgehead atoms. The van der Waals surface area contributed by atoms with Crippen molar-refractivity contribution < 1.29 is 4.79 Å². The second-order valence-corrected chi connectivity index (χ2v) is 6.91. The molecule has 0 radical (unpaired) electrons. The monoisotopic (exact) mass is 380 g/mol. The first-order valence-corrected chi connectivity index (χ1v) is 9.01. The van der Waals surface area contributed by atoms with E-state index in [1.807, 2.05) is 57.2 Å². The Morgan fingerprint density at radius 3 is 2.63 bits per heavy atom. The van der Waals surface area contributed by atoms with E-state index < -0.39 is 0 Å². The van der Waals surface area contributed by atoms with Gasteiger partial charge in [-0.15, -0.1) is 0 Å². The van der Waals surface area contributed by atoms with Crippen LogP contribution in [0, 0.1) is 20.8 Å². The van der Waals surface area contributed by atoms with Crippen LogP contribution in [0.1, 0.15) is 32.7 Å². The van der Waals surface area contributed by atoms with Crippen LogP contribution in [-0.2, 0) is 6.54 Å². The highest BCUT2D eigenvalue weighted by Gasteiger charge is 2.11. The molecule has 0 saturated heterocycles. The second-order valence-electron chi connectivity index (χ2n) is 6.50. The van der Waals surface area contributed by atoms with Gasteiger partial charge in [0, 0.05) is 12.7 Å². The number of carbonyl (C=O) groups is 1. The molecule has 0 unspecified atom stereocenters. The molecule has 1 amide bonds. The van der Waals surface area contributed by atoms with Crippen LogP contribution in [0.2, 0.25) is 5.02 Å². The number of rotatable bonds is 5. The standard InChI is InChI=1S/C21H21ClN4O/c1-13-5-4-6-16(10-13)12-24-20(27)18-7-8-23-21(25-18)26-19-15(3)9-14(2)11-17(19)22/h4-11H,12H2,1-3H3,(H,24,27)(H,23,25,26). The third-order valence-corrected chi connectivity index (χ3v) is 4.39. The average Bonchev–Trinajstić information content (AvgIpc) is 2.63. The van der Waals surface area contributed by atoms with Crippen LogP contribution >= 0.6 is 11.6 Å². The Hall–Kier alpha value is -2.92. The summed E-state index contributed by atoms with van der Waals surface area (Å²) in [5.74, 6) is 0.0701. The summed E-state index contributed by atoms with van der Waals surface area (Å²) in [5.41, 5.74) is 5.28. The Labute approximate surface area is 163 Å². The Kier molecular flexibility index (Phi) is 5.72.